The monoisotopic (exact) mass is 269 g/mol. The van der Waals surface area contributed by atoms with Crippen molar-refractivity contribution in [2.45, 2.75) is 53.1 Å². The third-order valence-electron chi connectivity index (χ3n) is 3.35. The van der Waals surface area contributed by atoms with Crippen LogP contribution in [0.4, 0.5) is 0 Å². The molecule has 0 aromatic carbocycles. The molecule has 0 aliphatic heterocycles. The Morgan fingerprint density at radius 1 is 1.28 bits per heavy atom. The van der Waals surface area contributed by atoms with Crippen LogP contribution in [-0.2, 0) is 6.42 Å². The molecule has 4 heteroatoms. The predicted molar refractivity (Wildman–Crippen MR) is 80.5 cm³/mol. The third-order valence-corrected chi connectivity index (χ3v) is 4.48. The number of hydrogen-bond donors (Lipinski definition) is 1. The molecule has 0 saturated heterocycles. The van der Waals surface area contributed by atoms with Crippen molar-refractivity contribution in [1.29, 1.82) is 0 Å². The number of aromatic nitrogens is 1. The van der Waals surface area contributed by atoms with Crippen LogP contribution in [0.3, 0.4) is 0 Å². The zero-order valence-electron chi connectivity index (χ0n) is 12.6. The summed E-state index contributed by atoms with van der Waals surface area (Å²) in [5.41, 5.74) is 1.18. The van der Waals surface area contributed by atoms with Gasteiger partial charge in [-0.05, 0) is 41.7 Å². The normalized spacial score (nSPS) is 13.6. The van der Waals surface area contributed by atoms with Crippen molar-refractivity contribution < 1.29 is 0 Å². The van der Waals surface area contributed by atoms with E-state index in [0.717, 1.165) is 19.5 Å². The molecule has 0 bridgehead atoms. The van der Waals surface area contributed by atoms with E-state index >= 15 is 0 Å². The van der Waals surface area contributed by atoms with Gasteiger partial charge < -0.3 is 10.2 Å². The minimum absolute atomic E-state index is 0.527. The van der Waals surface area contributed by atoms with Crippen molar-refractivity contribution in [3.63, 3.8) is 0 Å². The standard InChI is InChI=1S/C14H27N3S/c1-10(2)17(6)9-11(3)15-8-7-14-16-12(4)13(5)18-14/h10-11,15H,7-9H2,1-6H3. The van der Waals surface area contributed by atoms with E-state index in [2.05, 4.69) is 56.9 Å². The number of rotatable bonds is 7. The largest absolute Gasteiger partial charge is 0.313 e. The Labute approximate surface area is 116 Å². The molecule has 0 aliphatic carbocycles. The molecule has 1 aromatic rings. The molecular weight excluding hydrogens is 242 g/mol. The van der Waals surface area contributed by atoms with Gasteiger partial charge in [-0.2, -0.15) is 0 Å². The maximum atomic E-state index is 4.56. The van der Waals surface area contributed by atoms with Crippen LogP contribution in [-0.4, -0.2) is 42.1 Å². The lowest BCUT2D eigenvalue weighted by Crippen LogP contribution is -2.40. The Morgan fingerprint density at radius 2 is 1.94 bits per heavy atom. The van der Waals surface area contributed by atoms with Gasteiger partial charge in [-0.3, -0.25) is 0 Å². The first-order valence-corrected chi connectivity index (χ1v) is 7.58. The van der Waals surface area contributed by atoms with Gasteiger partial charge in [-0.1, -0.05) is 0 Å². The number of nitrogens with zero attached hydrogens (tertiary/aromatic N) is 2. The maximum Gasteiger partial charge on any atom is 0.0943 e. The van der Waals surface area contributed by atoms with Gasteiger partial charge in [0.25, 0.3) is 0 Å². The van der Waals surface area contributed by atoms with Crippen LogP contribution in [0.1, 0.15) is 36.3 Å². The van der Waals surface area contributed by atoms with Crippen molar-refractivity contribution >= 4 is 11.3 Å². The lowest BCUT2D eigenvalue weighted by atomic mass is 10.2. The average molecular weight is 269 g/mol. The predicted octanol–water partition coefficient (Wildman–Crippen LogP) is 2.62. The van der Waals surface area contributed by atoms with Crippen LogP contribution < -0.4 is 5.32 Å². The summed E-state index contributed by atoms with van der Waals surface area (Å²) in [7, 11) is 2.18. The molecule has 1 heterocycles. The first kappa shape index (κ1) is 15.6. The van der Waals surface area contributed by atoms with E-state index in [9.17, 15) is 0 Å². The Balaban J connectivity index is 2.25. The Kier molecular flexibility index (Phi) is 6.26. The minimum atomic E-state index is 0.527. The average Bonchev–Trinajstić information content (AvgIpc) is 2.58. The Bertz CT molecular complexity index is 340. The maximum absolute atomic E-state index is 4.56. The molecule has 0 saturated carbocycles. The molecule has 0 spiro atoms. The fourth-order valence-electron chi connectivity index (χ4n) is 1.78. The van der Waals surface area contributed by atoms with Crippen molar-refractivity contribution in [2.24, 2.45) is 0 Å². The smallest absolute Gasteiger partial charge is 0.0943 e. The van der Waals surface area contributed by atoms with Crippen LogP contribution in [0.2, 0.25) is 0 Å². The van der Waals surface area contributed by atoms with Gasteiger partial charge in [0.15, 0.2) is 0 Å². The third kappa shape index (κ3) is 5.04. The summed E-state index contributed by atoms with van der Waals surface area (Å²) < 4.78 is 0. The zero-order chi connectivity index (χ0) is 13.7. The summed E-state index contributed by atoms with van der Waals surface area (Å²) in [5, 5.41) is 4.82. The lowest BCUT2D eigenvalue weighted by Gasteiger charge is -2.25. The molecule has 1 rings (SSSR count). The second kappa shape index (κ2) is 7.22. The highest BCUT2D eigenvalue weighted by molar-refractivity contribution is 7.11. The van der Waals surface area contributed by atoms with Gasteiger partial charge >= 0.3 is 0 Å². The highest BCUT2D eigenvalue weighted by Crippen LogP contribution is 2.16. The fraction of sp³-hybridized carbons (Fsp3) is 0.786. The van der Waals surface area contributed by atoms with E-state index in [1.807, 2.05) is 11.3 Å². The number of aryl methyl sites for hydroxylation is 2. The van der Waals surface area contributed by atoms with Crippen LogP contribution in [0.5, 0.6) is 0 Å². The minimum Gasteiger partial charge on any atom is -0.313 e. The molecule has 1 unspecified atom stereocenters. The molecule has 0 aliphatic rings. The zero-order valence-corrected chi connectivity index (χ0v) is 13.4. The summed E-state index contributed by atoms with van der Waals surface area (Å²) in [6.45, 7) is 13.0. The van der Waals surface area contributed by atoms with Crippen molar-refractivity contribution in [3.05, 3.63) is 15.6 Å². The molecule has 18 heavy (non-hydrogen) atoms. The quantitative estimate of drug-likeness (QED) is 0.825. The Hall–Kier alpha value is -0.450. The number of thiazole rings is 1. The summed E-state index contributed by atoms with van der Waals surface area (Å²) in [6, 6.07) is 1.14. The summed E-state index contributed by atoms with van der Waals surface area (Å²) >= 11 is 1.82. The van der Waals surface area contributed by atoms with Crippen LogP contribution in [0.15, 0.2) is 0 Å². The molecule has 1 atom stereocenters. The van der Waals surface area contributed by atoms with Crippen molar-refractivity contribution in [3.8, 4) is 0 Å². The first-order chi connectivity index (χ1) is 8.40. The van der Waals surface area contributed by atoms with Gasteiger partial charge in [0.1, 0.15) is 0 Å². The molecule has 3 nitrogen and oxygen atoms in total. The molecule has 104 valence electrons. The van der Waals surface area contributed by atoms with E-state index in [1.165, 1.54) is 15.6 Å². The molecular formula is C14H27N3S. The fourth-order valence-corrected chi connectivity index (χ4v) is 2.71. The van der Waals surface area contributed by atoms with Gasteiger partial charge in [-0.15, -0.1) is 11.3 Å². The van der Waals surface area contributed by atoms with Gasteiger partial charge in [-0.25, -0.2) is 4.98 Å². The molecule has 0 amide bonds. The van der Waals surface area contributed by atoms with Crippen molar-refractivity contribution in [2.75, 3.05) is 20.1 Å². The number of nitrogens with one attached hydrogen (secondary N) is 1. The lowest BCUT2D eigenvalue weighted by molar-refractivity contribution is 0.247. The van der Waals surface area contributed by atoms with Crippen molar-refractivity contribution in [1.82, 2.24) is 15.2 Å². The molecule has 1 N–H and O–H groups in total. The highest BCUT2D eigenvalue weighted by Gasteiger charge is 2.09. The van der Waals surface area contributed by atoms with E-state index in [-0.39, 0.29) is 0 Å². The van der Waals surface area contributed by atoms with E-state index in [0.29, 0.717) is 12.1 Å². The van der Waals surface area contributed by atoms with Gasteiger partial charge in [0, 0.05) is 36.5 Å². The van der Waals surface area contributed by atoms with Gasteiger partial charge in [0.2, 0.25) is 0 Å². The summed E-state index contributed by atoms with van der Waals surface area (Å²) in [4.78, 5) is 8.28. The highest BCUT2D eigenvalue weighted by atomic mass is 32.1. The van der Waals surface area contributed by atoms with Crippen LogP contribution in [0, 0.1) is 13.8 Å². The SMILES string of the molecule is Cc1nc(CCNC(C)CN(C)C(C)C)sc1C. The second-order valence-corrected chi connectivity index (χ2v) is 6.68. The molecule has 0 radical (unpaired) electrons. The number of likely N-dealkylation sites (N-methyl/N-ethyl adjacent to an activating group) is 1. The van der Waals surface area contributed by atoms with E-state index < -0.39 is 0 Å². The second-order valence-electron chi connectivity index (χ2n) is 5.39. The van der Waals surface area contributed by atoms with Gasteiger partial charge in [0.05, 0.1) is 10.7 Å². The van der Waals surface area contributed by atoms with E-state index in [1.54, 1.807) is 0 Å². The van der Waals surface area contributed by atoms with Crippen LogP contribution >= 0.6 is 11.3 Å². The van der Waals surface area contributed by atoms with E-state index in [4.69, 9.17) is 0 Å². The Morgan fingerprint density at radius 3 is 2.44 bits per heavy atom. The molecule has 0 fully saturated rings. The molecule has 1 aromatic heterocycles. The van der Waals surface area contributed by atoms with Crippen LogP contribution in [0.25, 0.3) is 0 Å². The summed E-state index contributed by atoms with van der Waals surface area (Å²) in [6.07, 6.45) is 1.04. The topological polar surface area (TPSA) is 28.2 Å². The first-order valence-electron chi connectivity index (χ1n) is 6.76. The summed E-state index contributed by atoms with van der Waals surface area (Å²) in [5.74, 6) is 0. The number of hydrogen-bond acceptors (Lipinski definition) is 4.